The first-order valence-electron chi connectivity index (χ1n) is 9.86. The molecule has 0 aliphatic carbocycles. The minimum absolute atomic E-state index is 0.0166. The zero-order chi connectivity index (χ0) is 21.8. The molecule has 1 heterocycles. The Morgan fingerprint density at radius 3 is 2.50 bits per heavy atom. The van der Waals surface area contributed by atoms with Crippen LogP contribution in [0, 0.1) is 0 Å². The summed E-state index contributed by atoms with van der Waals surface area (Å²) >= 11 is 6.41. The summed E-state index contributed by atoms with van der Waals surface area (Å²) < 4.78 is 5.47. The number of primary amides is 1. The van der Waals surface area contributed by atoms with Crippen LogP contribution in [-0.2, 0) is 11.2 Å². The minimum Gasteiger partial charge on any atom is -0.494 e. The average molecular weight is 435 g/mol. The molecule has 1 aliphatic rings. The zero-order valence-electron chi connectivity index (χ0n) is 16.7. The van der Waals surface area contributed by atoms with Crippen molar-refractivity contribution in [1.29, 1.82) is 0 Å². The topological polar surface area (TPSA) is 116 Å². The van der Waals surface area contributed by atoms with Crippen LogP contribution in [-0.4, -0.2) is 64.1 Å². The first kappa shape index (κ1) is 22.5. The quantitative estimate of drug-likeness (QED) is 0.521. The van der Waals surface area contributed by atoms with Gasteiger partial charge in [-0.1, -0.05) is 35.9 Å². The number of hydrogen-bond donors (Lipinski definition) is 4. The Morgan fingerprint density at radius 2 is 1.87 bits per heavy atom. The van der Waals surface area contributed by atoms with Crippen molar-refractivity contribution < 1.29 is 24.9 Å². The highest BCUT2D eigenvalue weighted by atomic mass is 35.5. The van der Waals surface area contributed by atoms with Gasteiger partial charge in [-0.25, -0.2) is 0 Å². The fourth-order valence-corrected chi connectivity index (χ4v) is 4.05. The molecule has 4 atom stereocenters. The van der Waals surface area contributed by atoms with E-state index >= 15 is 0 Å². The van der Waals surface area contributed by atoms with Crippen molar-refractivity contribution in [2.24, 2.45) is 5.73 Å². The number of amides is 1. The first-order valence-corrected chi connectivity index (χ1v) is 10.2. The highest BCUT2D eigenvalue weighted by Crippen LogP contribution is 2.34. The van der Waals surface area contributed by atoms with Crippen molar-refractivity contribution >= 4 is 17.5 Å². The van der Waals surface area contributed by atoms with E-state index in [0.29, 0.717) is 23.6 Å². The number of aliphatic hydroxyl groups excluding tert-OH is 3. The number of hydrogen-bond acceptors (Lipinski definition) is 6. The number of nitrogens with zero attached hydrogens (tertiary/aromatic N) is 1. The lowest BCUT2D eigenvalue weighted by Crippen LogP contribution is -2.58. The van der Waals surface area contributed by atoms with Crippen LogP contribution in [0.15, 0.2) is 42.5 Å². The summed E-state index contributed by atoms with van der Waals surface area (Å²) in [5.41, 5.74) is 7.89. The summed E-state index contributed by atoms with van der Waals surface area (Å²) in [6, 6.07) is 12.3. The Kier molecular flexibility index (Phi) is 7.33. The molecule has 0 radical (unpaired) electrons. The molecule has 8 heteroatoms. The number of benzene rings is 2. The van der Waals surface area contributed by atoms with E-state index in [-0.39, 0.29) is 13.1 Å². The van der Waals surface area contributed by atoms with Crippen LogP contribution in [0.2, 0.25) is 5.02 Å². The first-order chi connectivity index (χ1) is 14.3. The second-order valence-electron chi connectivity index (χ2n) is 7.49. The molecule has 1 saturated heterocycles. The Balaban J connectivity index is 1.88. The summed E-state index contributed by atoms with van der Waals surface area (Å²) in [5.74, 6) is 0.209. The number of carbonyl (C=O) groups excluding carboxylic acids is 1. The number of carbonyl (C=O) groups is 1. The summed E-state index contributed by atoms with van der Waals surface area (Å²) in [4.78, 5) is 13.1. The Morgan fingerprint density at radius 1 is 1.17 bits per heavy atom. The predicted octanol–water partition coefficient (Wildman–Crippen LogP) is 1.25. The molecule has 7 nitrogen and oxygen atoms in total. The highest BCUT2D eigenvalue weighted by molar-refractivity contribution is 6.31. The van der Waals surface area contributed by atoms with Gasteiger partial charge >= 0.3 is 0 Å². The zero-order valence-corrected chi connectivity index (χ0v) is 17.5. The smallest absolute Gasteiger partial charge is 0.231 e. The Bertz CT molecular complexity index is 876. The molecule has 1 amide bonds. The summed E-state index contributed by atoms with van der Waals surface area (Å²) in [6.07, 6.45) is -3.23. The molecular formula is C22H27ClN2O5. The van der Waals surface area contributed by atoms with E-state index < -0.39 is 30.3 Å². The molecule has 0 aromatic heterocycles. The van der Waals surface area contributed by atoms with Crippen molar-refractivity contribution in [3.05, 3.63) is 64.2 Å². The van der Waals surface area contributed by atoms with Crippen molar-refractivity contribution in [1.82, 2.24) is 4.90 Å². The van der Waals surface area contributed by atoms with Gasteiger partial charge in [0.2, 0.25) is 5.91 Å². The third-order valence-electron chi connectivity index (χ3n) is 5.28. The maximum atomic E-state index is 11.5. The standard InChI is InChI=1S/C22H27ClN2O5/c1-2-30-16-6-3-13(4-7-16)9-15-10-14(5-8-17(15)23)20-22(29)21(28)18(26)11-25(20)12-19(24)27/h3-8,10,18,20-22,26,28-29H,2,9,11-12H2,1H3,(H2,24,27). The van der Waals surface area contributed by atoms with Gasteiger partial charge in [-0.15, -0.1) is 0 Å². The van der Waals surface area contributed by atoms with Gasteiger partial charge in [0.25, 0.3) is 0 Å². The maximum absolute atomic E-state index is 11.5. The second kappa shape index (κ2) is 9.76. The maximum Gasteiger partial charge on any atom is 0.231 e. The van der Waals surface area contributed by atoms with E-state index in [2.05, 4.69) is 0 Å². The molecule has 0 saturated carbocycles. The third-order valence-corrected chi connectivity index (χ3v) is 5.65. The number of β-amino-alcohol motifs (C(OH)–C–C–N with tert-alkyl or cyclic N) is 1. The van der Waals surface area contributed by atoms with Crippen molar-refractivity contribution in [3.8, 4) is 5.75 Å². The molecule has 4 unspecified atom stereocenters. The molecule has 1 aliphatic heterocycles. The van der Waals surface area contributed by atoms with Gasteiger partial charge in [0.1, 0.15) is 18.0 Å². The molecule has 162 valence electrons. The van der Waals surface area contributed by atoms with Crippen molar-refractivity contribution in [3.63, 3.8) is 0 Å². The van der Waals surface area contributed by atoms with E-state index in [1.807, 2.05) is 37.3 Å². The van der Waals surface area contributed by atoms with Gasteiger partial charge in [0.05, 0.1) is 25.3 Å². The van der Waals surface area contributed by atoms with Gasteiger partial charge in [-0.3, -0.25) is 9.69 Å². The van der Waals surface area contributed by atoms with Gasteiger partial charge < -0.3 is 25.8 Å². The van der Waals surface area contributed by atoms with Gasteiger partial charge in [0.15, 0.2) is 0 Å². The van der Waals surface area contributed by atoms with Gasteiger partial charge in [-0.2, -0.15) is 0 Å². The van der Waals surface area contributed by atoms with Crippen LogP contribution in [0.5, 0.6) is 5.75 Å². The molecule has 3 rings (SSSR count). The number of nitrogens with two attached hydrogens (primary N) is 1. The van der Waals surface area contributed by atoms with E-state index in [9.17, 15) is 20.1 Å². The molecule has 30 heavy (non-hydrogen) atoms. The third kappa shape index (κ3) is 5.11. The molecule has 2 aromatic carbocycles. The van der Waals surface area contributed by atoms with Gasteiger partial charge in [-0.05, 0) is 48.2 Å². The molecule has 0 spiro atoms. The van der Waals surface area contributed by atoms with Gasteiger partial charge in [0, 0.05) is 11.6 Å². The molecule has 0 bridgehead atoms. The normalized spacial score (nSPS) is 24.6. The molecule has 1 fully saturated rings. The van der Waals surface area contributed by atoms with Crippen LogP contribution in [0.1, 0.15) is 29.7 Å². The van der Waals surface area contributed by atoms with Crippen LogP contribution in [0.3, 0.4) is 0 Å². The fourth-order valence-electron chi connectivity index (χ4n) is 3.87. The summed E-state index contributed by atoms with van der Waals surface area (Å²) in [7, 11) is 0. The summed E-state index contributed by atoms with van der Waals surface area (Å²) in [6.45, 7) is 2.39. The number of halogens is 1. The number of rotatable bonds is 7. The number of likely N-dealkylation sites (tertiary alicyclic amines) is 1. The molecule has 5 N–H and O–H groups in total. The Labute approximate surface area is 180 Å². The average Bonchev–Trinajstić information content (AvgIpc) is 2.70. The highest BCUT2D eigenvalue weighted by Gasteiger charge is 2.42. The van der Waals surface area contributed by atoms with E-state index in [0.717, 1.165) is 16.9 Å². The van der Waals surface area contributed by atoms with E-state index in [4.69, 9.17) is 22.1 Å². The molecular weight excluding hydrogens is 408 g/mol. The number of piperidine rings is 1. The SMILES string of the molecule is CCOc1ccc(Cc2cc(C3C(O)C(O)C(O)CN3CC(N)=O)ccc2Cl)cc1. The number of aliphatic hydroxyl groups is 3. The van der Waals surface area contributed by atoms with Crippen molar-refractivity contribution in [2.75, 3.05) is 19.7 Å². The monoisotopic (exact) mass is 434 g/mol. The lowest BCUT2D eigenvalue weighted by atomic mass is 9.87. The minimum atomic E-state index is -1.33. The lowest BCUT2D eigenvalue weighted by Gasteiger charge is -2.43. The lowest BCUT2D eigenvalue weighted by molar-refractivity contribution is -0.145. The van der Waals surface area contributed by atoms with Crippen LogP contribution >= 0.6 is 11.6 Å². The van der Waals surface area contributed by atoms with E-state index in [1.165, 1.54) is 0 Å². The molecule has 2 aromatic rings. The largest absolute Gasteiger partial charge is 0.494 e. The summed E-state index contributed by atoms with van der Waals surface area (Å²) in [5, 5.41) is 31.4. The predicted molar refractivity (Wildman–Crippen MR) is 113 cm³/mol. The van der Waals surface area contributed by atoms with Crippen LogP contribution in [0.25, 0.3) is 0 Å². The Hall–Kier alpha value is -2.16. The van der Waals surface area contributed by atoms with E-state index in [1.54, 1.807) is 17.0 Å². The second-order valence-corrected chi connectivity index (χ2v) is 7.90. The number of ether oxygens (including phenoxy) is 1. The van der Waals surface area contributed by atoms with Crippen LogP contribution in [0.4, 0.5) is 0 Å². The van der Waals surface area contributed by atoms with Crippen LogP contribution < -0.4 is 10.5 Å². The fraction of sp³-hybridized carbons (Fsp3) is 0.409. The van der Waals surface area contributed by atoms with Crippen molar-refractivity contribution in [2.45, 2.75) is 37.7 Å².